The molecule has 2 rings (SSSR count). The largest absolute Gasteiger partial charge is 0.296 e. The standard InChI is InChI=1S/C14H18ClN3/c1-12-2-3-13(14(15)10-12)11-18-8-6-17(5-4-16)7-9-18/h2-3,10H,5-9,11H2,1H3. The van der Waals surface area contributed by atoms with Gasteiger partial charge in [-0.1, -0.05) is 23.7 Å². The van der Waals surface area contributed by atoms with Crippen molar-refractivity contribution in [3.05, 3.63) is 34.3 Å². The number of hydrogen-bond acceptors (Lipinski definition) is 3. The second kappa shape index (κ2) is 6.19. The van der Waals surface area contributed by atoms with E-state index in [0.717, 1.165) is 37.7 Å². The molecule has 1 aliphatic heterocycles. The Hall–Kier alpha value is -1.08. The van der Waals surface area contributed by atoms with Crippen LogP contribution in [0.4, 0.5) is 0 Å². The van der Waals surface area contributed by atoms with Crippen molar-refractivity contribution in [3.8, 4) is 6.07 Å². The zero-order valence-electron chi connectivity index (χ0n) is 10.7. The summed E-state index contributed by atoms with van der Waals surface area (Å²) >= 11 is 6.25. The predicted octanol–water partition coefficient (Wildman–Crippen LogP) is 2.29. The predicted molar refractivity (Wildman–Crippen MR) is 73.5 cm³/mol. The molecule has 0 radical (unpaired) electrons. The molecular formula is C14H18ClN3. The van der Waals surface area contributed by atoms with Crippen molar-refractivity contribution in [1.29, 1.82) is 5.26 Å². The molecular weight excluding hydrogens is 246 g/mol. The number of halogens is 1. The van der Waals surface area contributed by atoms with E-state index in [4.69, 9.17) is 16.9 Å². The van der Waals surface area contributed by atoms with Crippen molar-refractivity contribution >= 4 is 11.6 Å². The Balaban J connectivity index is 1.90. The Morgan fingerprint density at radius 1 is 1.22 bits per heavy atom. The van der Waals surface area contributed by atoms with E-state index >= 15 is 0 Å². The van der Waals surface area contributed by atoms with Gasteiger partial charge in [0.15, 0.2) is 0 Å². The van der Waals surface area contributed by atoms with Crippen LogP contribution in [0.1, 0.15) is 11.1 Å². The normalized spacial score (nSPS) is 17.6. The number of rotatable bonds is 3. The van der Waals surface area contributed by atoms with Crippen molar-refractivity contribution in [1.82, 2.24) is 9.80 Å². The van der Waals surface area contributed by atoms with Crippen LogP contribution in [-0.4, -0.2) is 42.5 Å². The summed E-state index contributed by atoms with van der Waals surface area (Å²) in [6, 6.07) is 8.44. The van der Waals surface area contributed by atoms with Crippen LogP contribution in [0.3, 0.4) is 0 Å². The van der Waals surface area contributed by atoms with Crippen LogP contribution in [0, 0.1) is 18.3 Å². The van der Waals surface area contributed by atoms with Gasteiger partial charge in [-0.3, -0.25) is 9.80 Å². The highest BCUT2D eigenvalue weighted by atomic mass is 35.5. The third-order valence-electron chi connectivity index (χ3n) is 3.36. The maximum Gasteiger partial charge on any atom is 0.0866 e. The van der Waals surface area contributed by atoms with Crippen molar-refractivity contribution in [2.24, 2.45) is 0 Å². The van der Waals surface area contributed by atoms with E-state index in [1.807, 2.05) is 6.07 Å². The van der Waals surface area contributed by atoms with Gasteiger partial charge in [-0.2, -0.15) is 5.26 Å². The van der Waals surface area contributed by atoms with Gasteiger partial charge in [0.2, 0.25) is 0 Å². The molecule has 4 heteroatoms. The van der Waals surface area contributed by atoms with Gasteiger partial charge in [0.05, 0.1) is 12.6 Å². The molecule has 0 bridgehead atoms. The van der Waals surface area contributed by atoms with Crippen LogP contribution >= 0.6 is 11.6 Å². The van der Waals surface area contributed by atoms with Crippen molar-refractivity contribution in [2.75, 3.05) is 32.7 Å². The molecule has 0 saturated carbocycles. The molecule has 0 aliphatic carbocycles. The first-order valence-electron chi connectivity index (χ1n) is 6.26. The fourth-order valence-electron chi connectivity index (χ4n) is 2.23. The lowest BCUT2D eigenvalue weighted by Crippen LogP contribution is -2.45. The molecule has 0 N–H and O–H groups in total. The molecule has 0 aromatic heterocycles. The van der Waals surface area contributed by atoms with Crippen LogP contribution in [0.5, 0.6) is 0 Å². The molecule has 0 atom stereocenters. The third-order valence-corrected chi connectivity index (χ3v) is 3.71. The van der Waals surface area contributed by atoms with E-state index in [0.29, 0.717) is 6.54 Å². The minimum atomic E-state index is 0.541. The molecule has 1 aromatic carbocycles. The number of nitriles is 1. The zero-order valence-corrected chi connectivity index (χ0v) is 11.5. The van der Waals surface area contributed by atoms with E-state index in [1.54, 1.807) is 0 Å². The fraction of sp³-hybridized carbons (Fsp3) is 0.500. The molecule has 1 heterocycles. The van der Waals surface area contributed by atoms with Gasteiger partial charge in [0.1, 0.15) is 0 Å². The summed E-state index contributed by atoms with van der Waals surface area (Å²) in [5.74, 6) is 0. The van der Waals surface area contributed by atoms with E-state index < -0.39 is 0 Å². The minimum absolute atomic E-state index is 0.541. The Kier molecular flexibility index (Phi) is 4.60. The summed E-state index contributed by atoms with van der Waals surface area (Å²) in [6.45, 7) is 7.45. The quantitative estimate of drug-likeness (QED) is 0.784. The fourth-order valence-corrected chi connectivity index (χ4v) is 2.52. The van der Waals surface area contributed by atoms with Crippen LogP contribution in [0.25, 0.3) is 0 Å². The molecule has 1 aliphatic rings. The van der Waals surface area contributed by atoms with Crippen molar-refractivity contribution < 1.29 is 0 Å². The molecule has 1 fully saturated rings. The number of aryl methyl sites for hydroxylation is 1. The lowest BCUT2D eigenvalue weighted by Gasteiger charge is -2.33. The lowest BCUT2D eigenvalue weighted by molar-refractivity contribution is 0.138. The monoisotopic (exact) mass is 263 g/mol. The SMILES string of the molecule is Cc1ccc(CN2CCN(CC#N)CC2)c(Cl)c1. The molecule has 18 heavy (non-hydrogen) atoms. The topological polar surface area (TPSA) is 30.3 Å². The molecule has 0 unspecified atom stereocenters. The molecule has 1 aromatic rings. The molecule has 96 valence electrons. The maximum absolute atomic E-state index is 8.66. The molecule has 0 amide bonds. The van der Waals surface area contributed by atoms with Crippen LogP contribution in [0.15, 0.2) is 18.2 Å². The Bertz CT molecular complexity index is 445. The van der Waals surface area contributed by atoms with Gasteiger partial charge in [-0.25, -0.2) is 0 Å². The zero-order chi connectivity index (χ0) is 13.0. The smallest absolute Gasteiger partial charge is 0.0866 e. The first-order valence-corrected chi connectivity index (χ1v) is 6.63. The maximum atomic E-state index is 8.66. The van der Waals surface area contributed by atoms with Gasteiger partial charge < -0.3 is 0 Å². The van der Waals surface area contributed by atoms with Gasteiger partial charge in [0, 0.05) is 37.7 Å². The highest BCUT2D eigenvalue weighted by molar-refractivity contribution is 6.31. The third kappa shape index (κ3) is 3.46. The lowest BCUT2D eigenvalue weighted by atomic mass is 10.1. The first kappa shape index (κ1) is 13.4. The van der Waals surface area contributed by atoms with Crippen molar-refractivity contribution in [2.45, 2.75) is 13.5 Å². The minimum Gasteiger partial charge on any atom is -0.296 e. The van der Waals surface area contributed by atoms with E-state index in [-0.39, 0.29) is 0 Å². The summed E-state index contributed by atoms with van der Waals surface area (Å²) < 4.78 is 0. The molecule has 3 nitrogen and oxygen atoms in total. The number of nitrogens with zero attached hydrogens (tertiary/aromatic N) is 3. The Morgan fingerprint density at radius 3 is 2.50 bits per heavy atom. The van der Waals surface area contributed by atoms with E-state index in [1.165, 1.54) is 11.1 Å². The van der Waals surface area contributed by atoms with Gasteiger partial charge in [0.25, 0.3) is 0 Å². The average molecular weight is 264 g/mol. The van der Waals surface area contributed by atoms with Crippen LogP contribution < -0.4 is 0 Å². The summed E-state index contributed by atoms with van der Waals surface area (Å²) in [5, 5.41) is 9.52. The van der Waals surface area contributed by atoms with Gasteiger partial charge >= 0.3 is 0 Å². The molecule has 0 spiro atoms. The summed E-state index contributed by atoms with van der Waals surface area (Å²) in [6.07, 6.45) is 0. The summed E-state index contributed by atoms with van der Waals surface area (Å²) in [4.78, 5) is 4.58. The Labute approximate surface area is 114 Å². The highest BCUT2D eigenvalue weighted by Crippen LogP contribution is 2.19. The summed E-state index contributed by atoms with van der Waals surface area (Å²) in [5.41, 5.74) is 2.39. The van der Waals surface area contributed by atoms with Gasteiger partial charge in [-0.15, -0.1) is 0 Å². The number of hydrogen-bond donors (Lipinski definition) is 0. The highest BCUT2D eigenvalue weighted by Gasteiger charge is 2.17. The van der Waals surface area contributed by atoms with E-state index in [2.05, 4.69) is 34.9 Å². The van der Waals surface area contributed by atoms with Crippen LogP contribution in [0.2, 0.25) is 5.02 Å². The Morgan fingerprint density at radius 2 is 1.89 bits per heavy atom. The van der Waals surface area contributed by atoms with Gasteiger partial charge in [-0.05, 0) is 24.1 Å². The molecule has 1 saturated heterocycles. The first-order chi connectivity index (χ1) is 8.69. The second-order valence-electron chi connectivity index (χ2n) is 4.81. The average Bonchev–Trinajstić information content (AvgIpc) is 2.35. The van der Waals surface area contributed by atoms with E-state index in [9.17, 15) is 0 Å². The summed E-state index contributed by atoms with van der Waals surface area (Å²) in [7, 11) is 0. The number of benzene rings is 1. The second-order valence-corrected chi connectivity index (χ2v) is 5.21. The number of piperazine rings is 1. The van der Waals surface area contributed by atoms with Crippen LogP contribution in [-0.2, 0) is 6.54 Å². The van der Waals surface area contributed by atoms with Crippen molar-refractivity contribution in [3.63, 3.8) is 0 Å².